The van der Waals surface area contributed by atoms with Crippen LogP contribution >= 0.6 is 0 Å². The zero-order valence-corrected chi connectivity index (χ0v) is 22.1. The molecule has 0 saturated heterocycles. The summed E-state index contributed by atoms with van der Waals surface area (Å²) in [5.41, 5.74) is 6.45. The highest BCUT2D eigenvalue weighted by atomic mass is 16.5. The second-order valence-electron chi connectivity index (χ2n) is 8.78. The molecule has 15 nitrogen and oxygen atoms in total. The number of H-pyrrole nitrogens is 1. The minimum atomic E-state index is -1.38. The number of aromatic nitrogens is 4. The van der Waals surface area contributed by atoms with Crippen molar-refractivity contribution in [3.05, 3.63) is 81.9 Å². The van der Waals surface area contributed by atoms with Gasteiger partial charge in [-0.25, -0.2) is 19.6 Å². The number of nitrogens with one attached hydrogen (secondary N) is 3. The number of carboxylic acids is 1. The van der Waals surface area contributed by atoms with Crippen molar-refractivity contribution in [3.63, 3.8) is 0 Å². The molecule has 4 aromatic rings. The Morgan fingerprint density at radius 3 is 2.52 bits per heavy atom. The quantitative estimate of drug-likeness (QED) is 0.125. The lowest BCUT2D eigenvalue weighted by atomic mass is 10.1. The molecule has 0 spiro atoms. The normalized spacial score (nSPS) is 11.4. The van der Waals surface area contributed by atoms with Gasteiger partial charge in [0.05, 0.1) is 25.5 Å². The van der Waals surface area contributed by atoms with Crippen LogP contribution in [0.1, 0.15) is 39.3 Å². The Balaban J connectivity index is 1.31. The minimum absolute atomic E-state index is 0.0255. The molecule has 0 saturated carbocycles. The van der Waals surface area contributed by atoms with Crippen molar-refractivity contribution >= 4 is 46.6 Å². The summed E-state index contributed by atoms with van der Waals surface area (Å²) in [6.45, 7) is 0.208. The predicted molar refractivity (Wildman–Crippen MR) is 148 cm³/mol. The van der Waals surface area contributed by atoms with Crippen LogP contribution < -0.4 is 26.7 Å². The Kier molecular flexibility index (Phi) is 9.01. The van der Waals surface area contributed by atoms with E-state index in [1.54, 1.807) is 24.3 Å². The third-order valence-corrected chi connectivity index (χ3v) is 5.86. The molecule has 0 radical (unpaired) electrons. The number of anilines is 2. The number of aliphatic carboxylic acids is 1. The second-order valence-corrected chi connectivity index (χ2v) is 8.78. The largest absolute Gasteiger partial charge is 0.480 e. The van der Waals surface area contributed by atoms with Gasteiger partial charge in [-0.15, -0.1) is 0 Å². The second kappa shape index (κ2) is 13.0. The molecule has 216 valence electrons. The number of amides is 1. The van der Waals surface area contributed by atoms with E-state index in [1.807, 2.05) is 0 Å². The number of nitrogens with two attached hydrogens (primary N) is 1. The van der Waals surface area contributed by atoms with Gasteiger partial charge in [0.25, 0.3) is 11.5 Å². The first-order valence-corrected chi connectivity index (χ1v) is 12.4. The fraction of sp³-hybridized carbons (Fsp3) is 0.185. The summed E-state index contributed by atoms with van der Waals surface area (Å²) >= 11 is 0. The van der Waals surface area contributed by atoms with E-state index in [1.165, 1.54) is 37.6 Å². The van der Waals surface area contributed by atoms with Gasteiger partial charge in [-0.1, -0.05) is 12.1 Å². The average Bonchev–Trinajstić information content (AvgIpc) is 2.98. The van der Waals surface area contributed by atoms with E-state index in [0.29, 0.717) is 11.4 Å². The molecule has 1 atom stereocenters. The predicted octanol–water partition coefficient (Wildman–Crippen LogP) is 1.26. The molecule has 42 heavy (non-hydrogen) atoms. The number of benzene rings is 2. The molecule has 6 N–H and O–H groups in total. The summed E-state index contributed by atoms with van der Waals surface area (Å²) in [5, 5.41) is 15.0. The molecule has 2 heterocycles. The molecule has 0 aliphatic rings. The summed E-state index contributed by atoms with van der Waals surface area (Å²) in [7, 11) is 1.19. The number of para-hydroxylation sites is 1. The number of hydrogen-bond donors (Lipinski definition) is 5. The number of carbonyl (C=O) groups excluding carboxylic acids is 3. The molecule has 0 bridgehead atoms. The molecular weight excluding hydrogens is 550 g/mol. The lowest BCUT2D eigenvalue weighted by molar-refractivity contribution is -0.140. The number of aromatic amines is 1. The zero-order valence-electron chi connectivity index (χ0n) is 22.1. The first-order chi connectivity index (χ1) is 20.1. The van der Waals surface area contributed by atoms with E-state index in [2.05, 4.69) is 35.3 Å². The van der Waals surface area contributed by atoms with Crippen LogP contribution in [0, 0.1) is 0 Å². The lowest BCUT2D eigenvalue weighted by Crippen LogP contribution is -2.41. The summed E-state index contributed by atoms with van der Waals surface area (Å²) in [5.74, 6) is -3.57. The van der Waals surface area contributed by atoms with E-state index in [9.17, 15) is 29.1 Å². The molecule has 15 heteroatoms. The van der Waals surface area contributed by atoms with Gasteiger partial charge < -0.3 is 30.9 Å². The summed E-state index contributed by atoms with van der Waals surface area (Å²) in [6.07, 6.45) is 0.850. The number of carbonyl (C=O) groups is 4. The van der Waals surface area contributed by atoms with Crippen LogP contribution in [-0.2, 0) is 20.9 Å². The van der Waals surface area contributed by atoms with E-state index in [4.69, 9.17) is 10.5 Å². The fourth-order valence-electron chi connectivity index (χ4n) is 3.76. The molecule has 0 aliphatic heterocycles. The van der Waals surface area contributed by atoms with Crippen LogP contribution in [0.15, 0.2) is 59.5 Å². The standard InChI is InChI=1S/C27H25N7O8/c1-41-26(40)17-4-2-3-5-19(17)42-20(35)11-10-18(25(38)39)32-23(36)14-6-8-15(9-7-14)29-12-16-13-30-22-21(31-16)24(37)34-27(28)33-22/h2-9,13,18,29H,10-12H2,1H3,(H,32,36)(H,38,39)(H3,28,30,33,34,37)/t18-/m0/s1. The smallest absolute Gasteiger partial charge is 0.341 e. The Bertz CT molecular complexity index is 1710. The zero-order chi connectivity index (χ0) is 30.2. The fourth-order valence-corrected chi connectivity index (χ4v) is 3.76. The van der Waals surface area contributed by atoms with Crippen molar-refractivity contribution in [3.8, 4) is 5.75 Å². The number of nitrogen functional groups attached to an aromatic ring is 1. The number of hydrogen-bond acceptors (Lipinski definition) is 12. The number of ether oxygens (including phenoxy) is 2. The molecule has 1 amide bonds. The van der Waals surface area contributed by atoms with Gasteiger partial charge in [0.2, 0.25) is 5.95 Å². The number of rotatable bonds is 11. The number of methoxy groups -OCH3 is 1. The van der Waals surface area contributed by atoms with E-state index in [0.717, 1.165) is 0 Å². The Labute approximate surface area is 237 Å². The Morgan fingerprint density at radius 2 is 1.81 bits per heavy atom. The van der Waals surface area contributed by atoms with E-state index in [-0.39, 0.29) is 53.4 Å². The maximum atomic E-state index is 12.7. The highest BCUT2D eigenvalue weighted by molar-refractivity contribution is 5.97. The maximum Gasteiger partial charge on any atom is 0.341 e. The van der Waals surface area contributed by atoms with Crippen molar-refractivity contribution in [2.45, 2.75) is 25.4 Å². The number of fused-ring (bicyclic) bond motifs is 1. The third-order valence-electron chi connectivity index (χ3n) is 5.86. The molecule has 0 unspecified atom stereocenters. The third kappa shape index (κ3) is 7.20. The van der Waals surface area contributed by atoms with Crippen LogP contribution in [0.5, 0.6) is 5.75 Å². The Hall–Kier alpha value is -5.86. The van der Waals surface area contributed by atoms with Crippen molar-refractivity contribution in [1.82, 2.24) is 25.3 Å². The average molecular weight is 576 g/mol. The maximum absolute atomic E-state index is 12.7. The van der Waals surface area contributed by atoms with Gasteiger partial charge in [0, 0.05) is 17.7 Å². The van der Waals surface area contributed by atoms with Crippen molar-refractivity contribution in [1.29, 1.82) is 0 Å². The highest BCUT2D eigenvalue weighted by Gasteiger charge is 2.23. The summed E-state index contributed by atoms with van der Waals surface area (Å²) in [6, 6.07) is 10.8. The molecule has 0 aliphatic carbocycles. The molecular formula is C27H25N7O8. The van der Waals surface area contributed by atoms with E-state index >= 15 is 0 Å². The number of esters is 2. The molecule has 2 aromatic carbocycles. The van der Waals surface area contributed by atoms with E-state index < -0.39 is 35.4 Å². The van der Waals surface area contributed by atoms with Gasteiger partial charge in [0.1, 0.15) is 17.4 Å². The lowest BCUT2D eigenvalue weighted by Gasteiger charge is -2.15. The minimum Gasteiger partial charge on any atom is -0.480 e. The van der Waals surface area contributed by atoms with Gasteiger partial charge >= 0.3 is 17.9 Å². The van der Waals surface area contributed by atoms with Gasteiger partial charge in [0.15, 0.2) is 11.2 Å². The van der Waals surface area contributed by atoms with Crippen LogP contribution in [0.25, 0.3) is 11.2 Å². The Morgan fingerprint density at radius 1 is 1.07 bits per heavy atom. The topological polar surface area (TPSA) is 229 Å². The summed E-state index contributed by atoms with van der Waals surface area (Å²) < 4.78 is 9.86. The van der Waals surface area contributed by atoms with Gasteiger partial charge in [-0.2, -0.15) is 4.98 Å². The van der Waals surface area contributed by atoms with Crippen molar-refractivity contribution < 1.29 is 33.8 Å². The van der Waals surface area contributed by atoms with Crippen molar-refractivity contribution in [2.75, 3.05) is 18.2 Å². The van der Waals surface area contributed by atoms with Crippen LogP contribution in [-0.4, -0.2) is 62.0 Å². The highest BCUT2D eigenvalue weighted by Crippen LogP contribution is 2.20. The van der Waals surface area contributed by atoms with Gasteiger partial charge in [-0.05, 0) is 42.8 Å². The molecule has 2 aromatic heterocycles. The molecule has 0 fully saturated rings. The molecule has 4 rings (SSSR count). The number of nitrogens with zero attached hydrogens (tertiary/aromatic N) is 3. The first kappa shape index (κ1) is 29.1. The van der Waals surface area contributed by atoms with Gasteiger partial charge in [-0.3, -0.25) is 19.4 Å². The summed E-state index contributed by atoms with van der Waals surface area (Å²) in [4.78, 5) is 75.2. The van der Waals surface area contributed by atoms with Crippen LogP contribution in [0.4, 0.5) is 11.6 Å². The van der Waals surface area contributed by atoms with Crippen LogP contribution in [0.3, 0.4) is 0 Å². The van der Waals surface area contributed by atoms with Crippen LogP contribution in [0.2, 0.25) is 0 Å². The monoisotopic (exact) mass is 575 g/mol. The number of carboxylic acid groups (broad SMARTS) is 1. The van der Waals surface area contributed by atoms with Crippen molar-refractivity contribution in [2.24, 2.45) is 0 Å². The first-order valence-electron chi connectivity index (χ1n) is 12.4. The SMILES string of the molecule is COC(=O)c1ccccc1OC(=O)CC[C@H](NC(=O)c1ccc(NCc2cnc3nc(N)[nH]c(=O)c3n2)cc1)C(=O)O.